The standard InChI is InChI=1S/C26H21ClN6O2/c1-35-22-10-6-5-9-20(22)24-28-26(31-30-24)29-25(34)21-16-33(15-17-7-3-2-4-8-17)32-23(21)18-11-13-19(27)14-12-18/h2-14,16H,15H2,1H3,(H2,28,29,30,31,34). The molecule has 0 bridgehead atoms. The Morgan fingerprint density at radius 2 is 1.77 bits per heavy atom. The number of nitrogens with one attached hydrogen (secondary N) is 2. The van der Waals surface area contributed by atoms with Crippen molar-refractivity contribution in [1.29, 1.82) is 0 Å². The number of hydrogen-bond acceptors (Lipinski definition) is 5. The molecule has 0 spiro atoms. The van der Waals surface area contributed by atoms with Crippen molar-refractivity contribution in [1.82, 2.24) is 25.0 Å². The molecule has 3 aromatic carbocycles. The van der Waals surface area contributed by atoms with Gasteiger partial charge in [-0.2, -0.15) is 10.1 Å². The molecule has 1 amide bonds. The molecule has 0 saturated heterocycles. The van der Waals surface area contributed by atoms with Gasteiger partial charge in [-0.25, -0.2) is 0 Å². The maximum Gasteiger partial charge on any atom is 0.261 e. The number of amides is 1. The van der Waals surface area contributed by atoms with Crippen LogP contribution in [0.25, 0.3) is 22.6 Å². The first kappa shape index (κ1) is 22.4. The van der Waals surface area contributed by atoms with Crippen LogP contribution in [0.3, 0.4) is 0 Å². The van der Waals surface area contributed by atoms with Crippen LogP contribution in [0, 0.1) is 0 Å². The van der Waals surface area contributed by atoms with Gasteiger partial charge < -0.3 is 4.74 Å². The van der Waals surface area contributed by atoms with E-state index >= 15 is 0 Å². The van der Waals surface area contributed by atoms with Crippen LogP contribution in [0.15, 0.2) is 85.1 Å². The molecule has 0 radical (unpaired) electrons. The number of nitrogens with zero attached hydrogens (tertiary/aromatic N) is 4. The van der Waals surface area contributed by atoms with Crippen molar-refractivity contribution in [2.24, 2.45) is 0 Å². The second-order valence-electron chi connectivity index (χ2n) is 7.74. The van der Waals surface area contributed by atoms with Gasteiger partial charge in [-0.05, 0) is 29.8 Å². The first-order chi connectivity index (χ1) is 17.1. The van der Waals surface area contributed by atoms with Crippen LogP contribution in [0.4, 0.5) is 5.95 Å². The predicted octanol–water partition coefficient (Wildman–Crippen LogP) is 5.30. The van der Waals surface area contributed by atoms with Crippen molar-refractivity contribution in [3.05, 3.63) is 101 Å². The molecule has 5 rings (SSSR count). The molecule has 8 nitrogen and oxygen atoms in total. The van der Waals surface area contributed by atoms with E-state index in [1.54, 1.807) is 30.1 Å². The maximum atomic E-state index is 13.3. The van der Waals surface area contributed by atoms with E-state index in [0.29, 0.717) is 34.4 Å². The van der Waals surface area contributed by atoms with Gasteiger partial charge >= 0.3 is 0 Å². The Morgan fingerprint density at radius 3 is 2.54 bits per heavy atom. The summed E-state index contributed by atoms with van der Waals surface area (Å²) in [7, 11) is 1.59. The van der Waals surface area contributed by atoms with Crippen LogP contribution in [0.2, 0.25) is 5.02 Å². The maximum absolute atomic E-state index is 13.3. The third kappa shape index (κ3) is 4.92. The highest BCUT2D eigenvalue weighted by molar-refractivity contribution is 6.30. The molecule has 2 heterocycles. The number of methoxy groups -OCH3 is 1. The lowest BCUT2D eigenvalue weighted by molar-refractivity contribution is 0.102. The van der Waals surface area contributed by atoms with Crippen LogP contribution in [0.5, 0.6) is 5.75 Å². The highest BCUT2D eigenvalue weighted by Gasteiger charge is 2.20. The first-order valence-corrected chi connectivity index (χ1v) is 11.2. The zero-order valence-corrected chi connectivity index (χ0v) is 19.5. The summed E-state index contributed by atoms with van der Waals surface area (Å²) in [5.41, 5.74) is 3.51. The van der Waals surface area contributed by atoms with Crippen molar-refractivity contribution in [2.75, 3.05) is 12.4 Å². The first-order valence-electron chi connectivity index (χ1n) is 10.8. The van der Waals surface area contributed by atoms with Crippen LogP contribution in [-0.4, -0.2) is 38.0 Å². The van der Waals surface area contributed by atoms with Crippen molar-refractivity contribution in [3.8, 4) is 28.4 Å². The summed E-state index contributed by atoms with van der Waals surface area (Å²) >= 11 is 6.06. The average Bonchev–Trinajstić information content (AvgIpc) is 3.52. The lowest BCUT2D eigenvalue weighted by atomic mass is 10.1. The third-order valence-electron chi connectivity index (χ3n) is 5.38. The van der Waals surface area contributed by atoms with Gasteiger partial charge in [-0.3, -0.25) is 19.9 Å². The van der Waals surface area contributed by atoms with Crippen LogP contribution < -0.4 is 10.1 Å². The average molecular weight is 485 g/mol. The van der Waals surface area contributed by atoms with E-state index in [2.05, 4.69) is 20.5 Å². The topological polar surface area (TPSA) is 97.7 Å². The van der Waals surface area contributed by atoms with Gasteiger partial charge in [0, 0.05) is 16.8 Å². The number of halogens is 1. The minimum Gasteiger partial charge on any atom is -0.496 e. The number of aromatic amines is 1. The monoisotopic (exact) mass is 484 g/mol. The fourth-order valence-electron chi connectivity index (χ4n) is 3.71. The second kappa shape index (κ2) is 9.82. The van der Waals surface area contributed by atoms with Gasteiger partial charge in [0.05, 0.1) is 24.8 Å². The molecule has 0 aliphatic heterocycles. The number of benzene rings is 3. The Kier molecular flexibility index (Phi) is 6.28. The molecule has 35 heavy (non-hydrogen) atoms. The number of H-pyrrole nitrogens is 1. The predicted molar refractivity (Wildman–Crippen MR) is 135 cm³/mol. The fourth-order valence-corrected chi connectivity index (χ4v) is 3.83. The van der Waals surface area contributed by atoms with Gasteiger partial charge in [-0.1, -0.05) is 66.2 Å². The molecule has 5 aromatic rings. The summed E-state index contributed by atoms with van der Waals surface area (Å²) in [4.78, 5) is 17.7. The Balaban J connectivity index is 1.44. The highest BCUT2D eigenvalue weighted by Crippen LogP contribution is 2.28. The molecule has 0 fully saturated rings. The molecule has 0 saturated carbocycles. The number of aromatic nitrogens is 5. The van der Waals surface area contributed by atoms with Gasteiger partial charge in [0.2, 0.25) is 5.95 Å². The Labute approximate surface area is 206 Å². The second-order valence-corrected chi connectivity index (χ2v) is 8.18. The summed E-state index contributed by atoms with van der Waals surface area (Å²) in [5, 5.41) is 15.1. The summed E-state index contributed by atoms with van der Waals surface area (Å²) in [6, 6.07) is 24.5. The number of ether oxygens (including phenoxy) is 1. The molecule has 2 aromatic heterocycles. The van der Waals surface area contributed by atoms with E-state index in [1.807, 2.05) is 66.7 Å². The Bertz CT molecular complexity index is 1460. The molecule has 9 heteroatoms. The number of rotatable bonds is 7. The van der Waals surface area contributed by atoms with E-state index in [9.17, 15) is 4.79 Å². The zero-order valence-electron chi connectivity index (χ0n) is 18.8. The summed E-state index contributed by atoms with van der Waals surface area (Å²) in [6.07, 6.45) is 1.72. The minimum absolute atomic E-state index is 0.147. The molecular formula is C26H21ClN6O2. The largest absolute Gasteiger partial charge is 0.496 e. The Morgan fingerprint density at radius 1 is 1.03 bits per heavy atom. The van der Waals surface area contributed by atoms with E-state index in [0.717, 1.165) is 16.7 Å². The fraction of sp³-hybridized carbons (Fsp3) is 0.0769. The summed E-state index contributed by atoms with van der Waals surface area (Å²) in [5.74, 6) is 0.901. The van der Waals surface area contributed by atoms with Gasteiger partial charge in [0.1, 0.15) is 11.4 Å². The van der Waals surface area contributed by atoms with Crippen molar-refractivity contribution in [2.45, 2.75) is 6.54 Å². The van der Waals surface area contributed by atoms with Crippen LogP contribution >= 0.6 is 11.6 Å². The molecule has 0 unspecified atom stereocenters. The number of carbonyl (C=O) groups is 1. The Hall–Kier alpha value is -4.43. The van der Waals surface area contributed by atoms with Crippen molar-refractivity contribution in [3.63, 3.8) is 0 Å². The summed E-state index contributed by atoms with van der Waals surface area (Å²) in [6.45, 7) is 0.521. The van der Waals surface area contributed by atoms with Gasteiger partial charge in [0.15, 0.2) is 5.82 Å². The van der Waals surface area contributed by atoms with Crippen molar-refractivity contribution < 1.29 is 9.53 Å². The number of para-hydroxylation sites is 1. The molecule has 174 valence electrons. The minimum atomic E-state index is -0.375. The lowest BCUT2D eigenvalue weighted by Crippen LogP contribution is -2.13. The number of carbonyl (C=O) groups excluding carboxylic acids is 1. The molecule has 0 atom stereocenters. The lowest BCUT2D eigenvalue weighted by Gasteiger charge is -2.04. The SMILES string of the molecule is COc1ccccc1-c1nc(NC(=O)c2cn(Cc3ccccc3)nc2-c2ccc(Cl)cc2)n[nH]1. The third-order valence-corrected chi connectivity index (χ3v) is 5.64. The van der Waals surface area contributed by atoms with E-state index in [4.69, 9.17) is 21.4 Å². The smallest absolute Gasteiger partial charge is 0.261 e. The zero-order chi connectivity index (χ0) is 24.2. The molecular weight excluding hydrogens is 464 g/mol. The highest BCUT2D eigenvalue weighted by atomic mass is 35.5. The summed E-state index contributed by atoms with van der Waals surface area (Å²) < 4.78 is 7.13. The van der Waals surface area contributed by atoms with E-state index in [1.165, 1.54) is 0 Å². The van der Waals surface area contributed by atoms with Crippen LogP contribution in [0.1, 0.15) is 15.9 Å². The van der Waals surface area contributed by atoms with E-state index < -0.39 is 0 Å². The van der Waals surface area contributed by atoms with Gasteiger partial charge in [-0.15, -0.1) is 5.10 Å². The molecule has 0 aliphatic rings. The van der Waals surface area contributed by atoms with Crippen molar-refractivity contribution >= 4 is 23.5 Å². The number of anilines is 1. The molecule has 2 N–H and O–H groups in total. The van der Waals surface area contributed by atoms with E-state index in [-0.39, 0.29) is 11.9 Å². The normalized spacial score (nSPS) is 10.8. The van der Waals surface area contributed by atoms with Gasteiger partial charge in [0.25, 0.3) is 5.91 Å². The molecule has 0 aliphatic carbocycles. The van der Waals surface area contributed by atoms with Crippen LogP contribution in [-0.2, 0) is 6.54 Å². The quantitative estimate of drug-likeness (QED) is 0.327. The number of hydrogen-bond donors (Lipinski definition) is 2.